The Morgan fingerprint density at radius 1 is 1.05 bits per heavy atom. The van der Waals surface area contributed by atoms with Crippen LogP contribution in [-0.4, -0.2) is 47.9 Å². The molecular weight excluding hydrogens is 545 g/mol. The molecule has 1 saturated heterocycles. The van der Waals surface area contributed by atoms with Gasteiger partial charge >= 0.3 is 12.1 Å². The molecule has 0 atom stereocenters. The molecule has 0 unspecified atom stereocenters. The third-order valence-electron chi connectivity index (χ3n) is 6.61. The summed E-state index contributed by atoms with van der Waals surface area (Å²) in [4.78, 5) is 13.6. The molecule has 2 heterocycles. The predicted octanol–water partition coefficient (Wildman–Crippen LogP) is 7.58. The van der Waals surface area contributed by atoms with Crippen LogP contribution < -0.4 is 9.47 Å². The molecule has 4 aromatic rings. The van der Waals surface area contributed by atoms with Crippen molar-refractivity contribution in [2.75, 3.05) is 19.6 Å². The molecule has 5 rings (SSSR count). The third-order valence-corrected chi connectivity index (χ3v) is 6.94. The molecule has 0 amide bonds. The first-order valence-corrected chi connectivity index (χ1v) is 13.2. The number of halogens is 4. The van der Waals surface area contributed by atoms with Crippen molar-refractivity contribution in [2.24, 2.45) is 0 Å². The molecule has 3 aromatic carbocycles. The number of esters is 1. The first kappa shape index (κ1) is 27.7. The standard InChI is InChI=1S/C30H26ClF3N2O4/c1-3-14-36-16-22(17-36)38-20-10-8-19(9-11-20)26-27(24-6-4-5-7-25(24)31)35-40-28(26)23-13-12-21(15-18(23)2)39-29(37)30(32,33)34/h4-13,15,22H,3,14,16-17H2,1-2H3. The van der Waals surface area contributed by atoms with E-state index in [0.29, 0.717) is 38.7 Å². The molecule has 1 aliphatic rings. The molecule has 1 aliphatic heterocycles. The van der Waals surface area contributed by atoms with Crippen LogP contribution in [-0.2, 0) is 4.79 Å². The van der Waals surface area contributed by atoms with Gasteiger partial charge in [0.1, 0.15) is 23.3 Å². The second kappa shape index (κ2) is 11.3. The van der Waals surface area contributed by atoms with Gasteiger partial charge in [-0.15, -0.1) is 0 Å². The van der Waals surface area contributed by atoms with Gasteiger partial charge in [0.2, 0.25) is 0 Å². The Hall–Kier alpha value is -3.82. The number of carbonyl (C=O) groups is 1. The number of ether oxygens (including phenoxy) is 2. The summed E-state index contributed by atoms with van der Waals surface area (Å²) in [6.07, 6.45) is -3.84. The fourth-order valence-electron chi connectivity index (χ4n) is 4.69. The number of hydrogen-bond acceptors (Lipinski definition) is 6. The summed E-state index contributed by atoms with van der Waals surface area (Å²) in [5.74, 6) is -1.38. The van der Waals surface area contributed by atoms with Crippen molar-refractivity contribution in [1.29, 1.82) is 0 Å². The summed E-state index contributed by atoms with van der Waals surface area (Å²) < 4.78 is 54.4. The van der Waals surface area contributed by atoms with Crippen LogP contribution >= 0.6 is 11.6 Å². The lowest BCUT2D eigenvalue weighted by Gasteiger charge is -2.38. The number of aromatic nitrogens is 1. The van der Waals surface area contributed by atoms with Crippen LogP contribution in [0.4, 0.5) is 13.2 Å². The van der Waals surface area contributed by atoms with E-state index in [1.807, 2.05) is 42.5 Å². The van der Waals surface area contributed by atoms with E-state index >= 15 is 0 Å². The van der Waals surface area contributed by atoms with Gasteiger partial charge in [0, 0.05) is 24.2 Å². The normalized spacial score (nSPS) is 14.2. The zero-order valence-electron chi connectivity index (χ0n) is 21.8. The molecule has 0 radical (unpaired) electrons. The van der Waals surface area contributed by atoms with Gasteiger partial charge in [0.15, 0.2) is 5.76 Å². The van der Waals surface area contributed by atoms with Crippen molar-refractivity contribution in [3.8, 4) is 45.2 Å². The number of likely N-dealkylation sites (tertiary alicyclic amines) is 1. The van der Waals surface area contributed by atoms with Gasteiger partial charge in [-0.25, -0.2) is 4.79 Å². The second-order valence-corrected chi connectivity index (χ2v) is 10.0. The minimum atomic E-state index is -5.10. The van der Waals surface area contributed by atoms with E-state index in [9.17, 15) is 18.0 Å². The molecule has 0 saturated carbocycles. The lowest BCUT2D eigenvalue weighted by Crippen LogP contribution is -2.53. The van der Waals surface area contributed by atoms with E-state index in [4.69, 9.17) is 20.9 Å². The molecule has 6 nitrogen and oxygen atoms in total. The number of benzene rings is 3. The Labute approximate surface area is 234 Å². The molecule has 1 aromatic heterocycles. The molecule has 208 valence electrons. The monoisotopic (exact) mass is 570 g/mol. The first-order valence-electron chi connectivity index (χ1n) is 12.8. The van der Waals surface area contributed by atoms with Crippen LogP contribution in [0.3, 0.4) is 0 Å². The van der Waals surface area contributed by atoms with E-state index in [-0.39, 0.29) is 11.9 Å². The van der Waals surface area contributed by atoms with E-state index < -0.39 is 12.1 Å². The van der Waals surface area contributed by atoms with Crippen LogP contribution in [0.25, 0.3) is 33.7 Å². The summed E-state index contributed by atoms with van der Waals surface area (Å²) in [5.41, 5.74) is 3.70. The van der Waals surface area contributed by atoms with Crippen molar-refractivity contribution in [2.45, 2.75) is 32.5 Å². The summed E-state index contributed by atoms with van der Waals surface area (Å²) >= 11 is 6.50. The van der Waals surface area contributed by atoms with Gasteiger partial charge in [0.25, 0.3) is 0 Å². The van der Waals surface area contributed by atoms with E-state index in [1.165, 1.54) is 18.2 Å². The molecule has 40 heavy (non-hydrogen) atoms. The Bertz CT molecular complexity index is 1510. The smallest absolute Gasteiger partial charge is 0.488 e. The van der Waals surface area contributed by atoms with Crippen LogP contribution in [0, 0.1) is 6.92 Å². The number of carbonyl (C=O) groups excluding carboxylic acids is 1. The van der Waals surface area contributed by atoms with Gasteiger partial charge in [-0.3, -0.25) is 4.90 Å². The average Bonchev–Trinajstić information content (AvgIpc) is 3.32. The van der Waals surface area contributed by atoms with Gasteiger partial charge in [-0.05, 0) is 67.4 Å². The molecule has 0 aliphatic carbocycles. The molecule has 1 fully saturated rings. The maximum absolute atomic E-state index is 12.7. The average molecular weight is 571 g/mol. The fraction of sp³-hybridized carbons (Fsp3) is 0.267. The highest BCUT2D eigenvalue weighted by atomic mass is 35.5. The van der Waals surface area contributed by atoms with Gasteiger partial charge in [-0.1, -0.05) is 54.0 Å². The summed E-state index contributed by atoms with van der Waals surface area (Å²) in [7, 11) is 0. The summed E-state index contributed by atoms with van der Waals surface area (Å²) in [6.45, 7) is 6.69. The highest BCUT2D eigenvalue weighted by Gasteiger charge is 2.41. The SMILES string of the molecule is CCCN1CC(Oc2ccc(-c3c(-c4ccccc4Cl)noc3-c3ccc(OC(=O)C(F)(F)F)cc3C)cc2)C1. The predicted molar refractivity (Wildman–Crippen MR) is 145 cm³/mol. The molecule has 0 N–H and O–H groups in total. The number of aryl methyl sites for hydroxylation is 1. The highest BCUT2D eigenvalue weighted by Crippen LogP contribution is 2.43. The lowest BCUT2D eigenvalue weighted by atomic mass is 9.94. The molecular formula is C30H26ClF3N2O4. The molecule has 0 spiro atoms. The number of nitrogens with zero attached hydrogens (tertiary/aromatic N) is 2. The highest BCUT2D eigenvalue weighted by molar-refractivity contribution is 6.33. The zero-order chi connectivity index (χ0) is 28.4. The van der Waals surface area contributed by atoms with Crippen LogP contribution in [0.15, 0.2) is 71.3 Å². The van der Waals surface area contributed by atoms with E-state index in [1.54, 1.807) is 13.0 Å². The van der Waals surface area contributed by atoms with Gasteiger partial charge in [-0.2, -0.15) is 13.2 Å². The van der Waals surface area contributed by atoms with Crippen molar-refractivity contribution >= 4 is 17.6 Å². The van der Waals surface area contributed by atoms with Crippen molar-refractivity contribution in [3.05, 3.63) is 77.3 Å². The van der Waals surface area contributed by atoms with Crippen molar-refractivity contribution in [3.63, 3.8) is 0 Å². The maximum atomic E-state index is 12.7. The minimum Gasteiger partial charge on any atom is -0.488 e. The maximum Gasteiger partial charge on any atom is 0.491 e. The quantitative estimate of drug-likeness (QED) is 0.161. The number of alkyl halides is 3. The number of hydrogen-bond donors (Lipinski definition) is 0. The van der Waals surface area contributed by atoms with Crippen molar-refractivity contribution < 1.29 is 32.0 Å². The molecule has 0 bridgehead atoms. The fourth-order valence-corrected chi connectivity index (χ4v) is 4.91. The second-order valence-electron chi connectivity index (χ2n) is 9.60. The lowest BCUT2D eigenvalue weighted by molar-refractivity contribution is -0.189. The van der Waals surface area contributed by atoms with Crippen molar-refractivity contribution in [1.82, 2.24) is 10.1 Å². The number of rotatable bonds is 8. The zero-order valence-corrected chi connectivity index (χ0v) is 22.6. The van der Waals surface area contributed by atoms with Crippen LogP contribution in [0.5, 0.6) is 11.5 Å². The van der Waals surface area contributed by atoms with Gasteiger partial charge < -0.3 is 14.0 Å². The topological polar surface area (TPSA) is 64.8 Å². The Morgan fingerprint density at radius 2 is 1.75 bits per heavy atom. The Balaban J connectivity index is 1.49. The van der Waals surface area contributed by atoms with E-state index in [2.05, 4.69) is 21.7 Å². The summed E-state index contributed by atoms with van der Waals surface area (Å²) in [6, 6.07) is 19.0. The Kier molecular flexibility index (Phi) is 7.87. The van der Waals surface area contributed by atoms with E-state index in [0.717, 1.165) is 37.4 Å². The third kappa shape index (κ3) is 5.85. The molecule has 10 heteroatoms. The van der Waals surface area contributed by atoms with Crippen LogP contribution in [0.2, 0.25) is 5.02 Å². The first-order chi connectivity index (χ1) is 19.1. The van der Waals surface area contributed by atoms with Crippen LogP contribution in [0.1, 0.15) is 18.9 Å². The van der Waals surface area contributed by atoms with Gasteiger partial charge in [0.05, 0.1) is 10.6 Å². The summed E-state index contributed by atoms with van der Waals surface area (Å²) in [5, 5.41) is 4.82. The minimum absolute atomic E-state index is 0.148. The largest absolute Gasteiger partial charge is 0.491 e. The Morgan fingerprint density at radius 3 is 2.40 bits per heavy atom.